The van der Waals surface area contributed by atoms with E-state index in [9.17, 15) is 4.79 Å². The molecule has 2 rings (SSSR count). The summed E-state index contributed by atoms with van der Waals surface area (Å²) in [5, 5.41) is 0. The highest BCUT2D eigenvalue weighted by Crippen LogP contribution is 2.27. The standard InChI is InChI=1S/C15H21NO/c1-3-13-5-4-8-16(10-13)15-7-6-14(11-17)9-12(15)2/h6-7,9,11,13H,3-5,8,10H2,1-2H3. The first kappa shape index (κ1) is 12.2. The van der Waals surface area contributed by atoms with Gasteiger partial charge < -0.3 is 4.90 Å². The lowest BCUT2D eigenvalue weighted by molar-refractivity contribution is 0.112. The summed E-state index contributed by atoms with van der Waals surface area (Å²) in [6.07, 6.45) is 4.83. The summed E-state index contributed by atoms with van der Waals surface area (Å²) >= 11 is 0. The molecule has 0 amide bonds. The molecule has 1 aliphatic heterocycles. The van der Waals surface area contributed by atoms with E-state index in [0.29, 0.717) is 0 Å². The summed E-state index contributed by atoms with van der Waals surface area (Å²) < 4.78 is 0. The van der Waals surface area contributed by atoms with Crippen molar-refractivity contribution in [3.63, 3.8) is 0 Å². The van der Waals surface area contributed by atoms with Crippen molar-refractivity contribution in [2.75, 3.05) is 18.0 Å². The number of piperidine rings is 1. The second-order valence-corrected chi connectivity index (χ2v) is 5.03. The van der Waals surface area contributed by atoms with E-state index in [1.165, 1.54) is 30.5 Å². The van der Waals surface area contributed by atoms with Crippen LogP contribution in [0.4, 0.5) is 5.69 Å². The lowest BCUT2D eigenvalue weighted by atomic mass is 9.94. The molecule has 2 heteroatoms. The first-order valence-electron chi connectivity index (χ1n) is 6.55. The number of benzene rings is 1. The normalized spacial score (nSPS) is 20.4. The maximum Gasteiger partial charge on any atom is 0.150 e. The predicted octanol–water partition coefficient (Wildman–Crippen LogP) is 3.43. The zero-order valence-electron chi connectivity index (χ0n) is 10.8. The number of nitrogens with zero attached hydrogens (tertiary/aromatic N) is 1. The van der Waals surface area contributed by atoms with Crippen LogP contribution in [0.2, 0.25) is 0 Å². The Labute approximate surface area is 104 Å². The van der Waals surface area contributed by atoms with Crippen LogP contribution in [0.15, 0.2) is 18.2 Å². The van der Waals surface area contributed by atoms with Gasteiger partial charge in [0, 0.05) is 24.3 Å². The molecule has 1 aliphatic rings. The molecule has 0 saturated carbocycles. The van der Waals surface area contributed by atoms with Crippen LogP contribution in [-0.4, -0.2) is 19.4 Å². The summed E-state index contributed by atoms with van der Waals surface area (Å²) in [4.78, 5) is 13.2. The number of hydrogen-bond acceptors (Lipinski definition) is 2. The van der Waals surface area contributed by atoms with Gasteiger partial charge in [-0.2, -0.15) is 0 Å². The molecule has 0 bridgehead atoms. The number of aldehydes is 1. The average Bonchev–Trinajstić information content (AvgIpc) is 2.38. The average molecular weight is 231 g/mol. The van der Waals surface area contributed by atoms with Gasteiger partial charge in [-0.3, -0.25) is 4.79 Å². The molecule has 1 saturated heterocycles. The predicted molar refractivity (Wildman–Crippen MR) is 71.8 cm³/mol. The third-order valence-electron chi connectivity index (χ3n) is 3.79. The van der Waals surface area contributed by atoms with Crippen molar-refractivity contribution in [1.29, 1.82) is 0 Å². The van der Waals surface area contributed by atoms with Crippen LogP contribution in [0, 0.1) is 12.8 Å². The molecule has 1 aromatic rings. The molecule has 1 unspecified atom stereocenters. The Morgan fingerprint density at radius 2 is 2.29 bits per heavy atom. The first-order valence-corrected chi connectivity index (χ1v) is 6.55. The van der Waals surface area contributed by atoms with Gasteiger partial charge in [0.1, 0.15) is 6.29 Å². The highest BCUT2D eigenvalue weighted by atomic mass is 16.1. The zero-order chi connectivity index (χ0) is 12.3. The fraction of sp³-hybridized carbons (Fsp3) is 0.533. The van der Waals surface area contributed by atoms with Gasteiger partial charge in [0.2, 0.25) is 0 Å². The van der Waals surface area contributed by atoms with E-state index in [1.807, 2.05) is 12.1 Å². The quantitative estimate of drug-likeness (QED) is 0.743. The Morgan fingerprint density at radius 1 is 1.47 bits per heavy atom. The molecule has 1 aromatic carbocycles. The second kappa shape index (κ2) is 5.35. The molecule has 17 heavy (non-hydrogen) atoms. The Morgan fingerprint density at radius 3 is 2.94 bits per heavy atom. The molecule has 1 fully saturated rings. The van der Waals surface area contributed by atoms with Crippen molar-refractivity contribution in [1.82, 2.24) is 0 Å². The number of carbonyl (C=O) groups excluding carboxylic acids is 1. The molecule has 2 nitrogen and oxygen atoms in total. The molecule has 1 heterocycles. The van der Waals surface area contributed by atoms with Gasteiger partial charge in [-0.15, -0.1) is 0 Å². The van der Waals surface area contributed by atoms with Crippen molar-refractivity contribution >= 4 is 12.0 Å². The monoisotopic (exact) mass is 231 g/mol. The largest absolute Gasteiger partial charge is 0.371 e. The topological polar surface area (TPSA) is 20.3 Å². The van der Waals surface area contributed by atoms with Gasteiger partial charge in [-0.25, -0.2) is 0 Å². The minimum Gasteiger partial charge on any atom is -0.371 e. The molecule has 0 aliphatic carbocycles. The van der Waals surface area contributed by atoms with Crippen LogP contribution in [0.3, 0.4) is 0 Å². The van der Waals surface area contributed by atoms with Crippen LogP contribution < -0.4 is 4.90 Å². The van der Waals surface area contributed by atoms with Crippen LogP contribution in [-0.2, 0) is 0 Å². The Hall–Kier alpha value is -1.31. The van der Waals surface area contributed by atoms with E-state index in [2.05, 4.69) is 24.8 Å². The fourth-order valence-electron chi connectivity index (χ4n) is 2.72. The van der Waals surface area contributed by atoms with E-state index < -0.39 is 0 Å². The summed E-state index contributed by atoms with van der Waals surface area (Å²) in [5.74, 6) is 0.828. The Bertz CT molecular complexity index is 400. The lowest BCUT2D eigenvalue weighted by Gasteiger charge is -2.35. The zero-order valence-corrected chi connectivity index (χ0v) is 10.8. The van der Waals surface area contributed by atoms with Crippen molar-refractivity contribution < 1.29 is 4.79 Å². The summed E-state index contributed by atoms with van der Waals surface area (Å²) in [7, 11) is 0. The number of rotatable bonds is 3. The number of anilines is 1. The van der Waals surface area contributed by atoms with Gasteiger partial charge in [-0.05, 0) is 49.4 Å². The molecule has 1 atom stereocenters. The van der Waals surface area contributed by atoms with Gasteiger partial charge in [0.15, 0.2) is 0 Å². The third-order valence-corrected chi connectivity index (χ3v) is 3.79. The van der Waals surface area contributed by atoms with E-state index >= 15 is 0 Å². The smallest absolute Gasteiger partial charge is 0.150 e. The van der Waals surface area contributed by atoms with Crippen LogP contribution in [0.1, 0.15) is 42.1 Å². The molecule has 0 N–H and O–H groups in total. The SMILES string of the molecule is CCC1CCCN(c2ccc(C=O)cc2C)C1. The minimum absolute atomic E-state index is 0.773. The Kier molecular flexibility index (Phi) is 3.82. The molecular formula is C15H21NO. The van der Waals surface area contributed by atoms with Gasteiger partial charge in [0.25, 0.3) is 0 Å². The van der Waals surface area contributed by atoms with Gasteiger partial charge in [-0.1, -0.05) is 13.3 Å². The van der Waals surface area contributed by atoms with Gasteiger partial charge in [0.05, 0.1) is 0 Å². The maximum absolute atomic E-state index is 10.7. The molecule has 92 valence electrons. The number of hydrogen-bond donors (Lipinski definition) is 0. The van der Waals surface area contributed by atoms with E-state index in [0.717, 1.165) is 30.9 Å². The van der Waals surface area contributed by atoms with Crippen molar-refractivity contribution in [2.24, 2.45) is 5.92 Å². The second-order valence-electron chi connectivity index (χ2n) is 5.03. The van der Waals surface area contributed by atoms with E-state index in [-0.39, 0.29) is 0 Å². The molecule has 0 spiro atoms. The molecular weight excluding hydrogens is 210 g/mol. The third kappa shape index (κ3) is 2.68. The Balaban J connectivity index is 2.18. The van der Waals surface area contributed by atoms with Crippen molar-refractivity contribution in [3.8, 4) is 0 Å². The summed E-state index contributed by atoms with van der Waals surface area (Å²) in [6.45, 7) is 6.68. The lowest BCUT2D eigenvalue weighted by Crippen LogP contribution is -2.35. The van der Waals surface area contributed by atoms with Crippen LogP contribution in [0.5, 0.6) is 0 Å². The highest BCUT2D eigenvalue weighted by molar-refractivity contribution is 5.77. The maximum atomic E-state index is 10.7. The van der Waals surface area contributed by atoms with E-state index in [1.54, 1.807) is 0 Å². The summed E-state index contributed by atoms with van der Waals surface area (Å²) in [6, 6.07) is 6.00. The number of aryl methyl sites for hydroxylation is 1. The minimum atomic E-state index is 0.773. The fourth-order valence-corrected chi connectivity index (χ4v) is 2.72. The number of carbonyl (C=O) groups is 1. The van der Waals surface area contributed by atoms with E-state index in [4.69, 9.17) is 0 Å². The van der Waals surface area contributed by atoms with Crippen LogP contribution in [0.25, 0.3) is 0 Å². The van der Waals surface area contributed by atoms with Crippen molar-refractivity contribution in [2.45, 2.75) is 33.1 Å². The molecule has 0 radical (unpaired) electrons. The summed E-state index contributed by atoms with van der Waals surface area (Å²) in [5.41, 5.74) is 3.29. The van der Waals surface area contributed by atoms with Gasteiger partial charge >= 0.3 is 0 Å². The van der Waals surface area contributed by atoms with Crippen molar-refractivity contribution in [3.05, 3.63) is 29.3 Å². The molecule has 0 aromatic heterocycles. The highest BCUT2D eigenvalue weighted by Gasteiger charge is 2.19. The van der Waals surface area contributed by atoms with Crippen LogP contribution >= 0.6 is 0 Å². The first-order chi connectivity index (χ1) is 8.24.